The second-order valence-corrected chi connectivity index (χ2v) is 3.88. The monoisotopic (exact) mass is 218 g/mol. The Morgan fingerprint density at radius 2 is 2.00 bits per heavy atom. The van der Waals surface area contributed by atoms with Crippen LogP contribution in [0.5, 0.6) is 0 Å². The number of allylic oxidation sites excluding steroid dienone is 2. The number of aliphatic hydroxyl groups is 1. The van der Waals surface area contributed by atoms with Gasteiger partial charge in [-0.15, -0.1) is 0 Å². The molecule has 0 saturated carbocycles. The zero-order chi connectivity index (χ0) is 9.02. The first kappa shape index (κ1) is 10.9. The van der Waals surface area contributed by atoms with Crippen LogP contribution in [0, 0.1) is 5.92 Å². The Hall–Kier alpha value is -0.0800. The summed E-state index contributed by atoms with van der Waals surface area (Å²) in [7, 11) is 0. The molecule has 11 heavy (non-hydrogen) atoms. The minimum Gasteiger partial charge on any atom is -0.389 e. The van der Waals surface area contributed by atoms with Crippen LogP contribution in [0.4, 0.5) is 0 Å². The highest BCUT2D eigenvalue weighted by atomic mass is 79.9. The van der Waals surface area contributed by atoms with Gasteiger partial charge < -0.3 is 5.11 Å². The minimum absolute atomic E-state index is 0.252. The highest BCUT2D eigenvalue weighted by molar-refractivity contribution is 9.12. The van der Waals surface area contributed by atoms with E-state index in [-0.39, 0.29) is 12.0 Å². The van der Waals surface area contributed by atoms with Crippen LogP contribution in [-0.2, 0) is 0 Å². The molecule has 0 amide bonds. The Balaban J connectivity index is 4.19. The van der Waals surface area contributed by atoms with Gasteiger partial charge in [0.2, 0.25) is 0 Å². The van der Waals surface area contributed by atoms with E-state index in [1.165, 1.54) is 0 Å². The molecule has 0 aromatic carbocycles. The molecule has 0 spiro atoms. The lowest BCUT2D eigenvalue weighted by Crippen LogP contribution is -2.11. The molecule has 1 atom stereocenters. The molecule has 0 aliphatic heterocycles. The molecule has 0 radical (unpaired) electrons. The SMILES string of the molecule is C=C(C)/C(Br)=C\C(O)C(C)C. The van der Waals surface area contributed by atoms with Crippen molar-refractivity contribution in [3.63, 3.8) is 0 Å². The van der Waals surface area contributed by atoms with E-state index in [1.54, 1.807) is 6.08 Å². The Morgan fingerprint density at radius 1 is 1.55 bits per heavy atom. The van der Waals surface area contributed by atoms with Crippen molar-refractivity contribution in [2.24, 2.45) is 5.92 Å². The third kappa shape index (κ3) is 4.38. The first-order chi connectivity index (χ1) is 4.95. The van der Waals surface area contributed by atoms with E-state index < -0.39 is 0 Å². The summed E-state index contributed by atoms with van der Waals surface area (Å²) in [5.41, 5.74) is 0.935. The second-order valence-electron chi connectivity index (χ2n) is 3.03. The van der Waals surface area contributed by atoms with Gasteiger partial charge in [-0.1, -0.05) is 36.4 Å². The first-order valence-electron chi connectivity index (χ1n) is 3.66. The summed E-state index contributed by atoms with van der Waals surface area (Å²) >= 11 is 3.31. The molecule has 0 heterocycles. The molecule has 1 nitrogen and oxygen atoms in total. The molecule has 0 bridgehead atoms. The van der Waals surface area contributed by atoms with Crippen molar-refractivity contribution in [1.82, 2.24) is 0 Å². The van der Waals surface area contributed by atoms with E-state index >= 15 is 0 Å². The molecule has 0 saturated heterocycles. The minimum atomic E-state index is -0.388. The highest BCUT2D eigenvalue weighted by Crippen LogP contribution is 2.17. The van der Waals surface area contributed by atoms with Crippen LogP contribution < -0.4 is 0 Å². The molecule has 0 aliphatic rings. The maximum absolute atomic E-state index is 9.40. The van der Waals surface area contributed by atoms with Crippen molar-refractivity contribution in [3.8, 4) is 0 Å². The zero-order valence-corrected chi connectivity index (χ0v) is 8.85. The average Bonchev–Trinajstić information content (AvgIpc) is 1.87. The van der Waals surface area contributed by atoms with Crippen LogP contribution in [0.2, 0.25) is 0 Å². The van der Waals surface area contributed by atoms with Gasteiger partial charge in [0.1, 0.15) is 0 Å². The molecule has 0 fully saturated rings. The smallest absolute Gasteiger partial charge is 0.0757 e. The van der Waals surface area contributed by atoms with Crippen molar-refractivity contribution in [2.45, 2.75) is 26.9 Å². The average molecular weight is 219 g/mol. The maximum Gasteiger partial charge on any atom is 0.0757 e. The number of halogens is 1. The molecule has 0 aliphatic carbocycles. The molecule has 0 rings (SSSR count). The topological polar surface area (TPSA) is 20.2 Å². The predicted molar refractivity (Wildman–Crippen MR) is 52.7 cm³/mol. The highest BCUT2D eigenvalue weighted by Gasteiger charge is 2.06. The lowest BCUT2D eigenvalue weighted by molar-refractivity contribution is 0.172. The summed E-state index contributed by atoms with van der Waals surface area (Å²) in [6.45, 7) is 9.58. The van der Waals surface area contributed by atoms with Gasteiger partial charge >= 0.3 is 0 Å². The van der Waals surface area contributed by atoms with Gasteiger partial charge in [0.25, 0.3) is 0 Å². The van der Waals surface area contributed by atoms with Crippen molar-refractivity contribution < 1.29 is 5.11 Å². The zero-order valence-electron chi connectivity index (χ0n) is 7.26. The van der Waals surface area contributed by atoms with Gasteiger partial charge in [-0.05, 0) is 24.5 Å². The fourth-order valence-electron chi connectivity index (χ4n) is 0.485. The van der Waals surface area contributed by atoms with Gasteiger partial charge in [-0.3, -0.25) is 0 Å². The number of rotatable bonds is 3. The fourth-order valence-corrected chi connectivity index (χ4v) is 0.755. The van der Waals surface area contributed by atoms with Gasteiger partial charge in [0.15, 0.2) is 0 Å². The van der Waals surface area contributed by atoms with Crippen molar-refractivity contribution in [3.05, 3.63) is 22.7 Å². The molecule has 1 unspecified atom stereocenters. The summed E-state index contributed by atoms with van der Waals surface area (Å²) < 4.78 is 0.888. The Labute approximate surface area is 76.9 Å². The van der Waals surface area contributed by atoms with Crippen LogP contribution >= 0.6 is 15.9 Å². The van der Waals surface area contributed by atoms with Crippen molar-refractivity contribution in [2.75, 3.05) is 0 Å². The predicted octanol–water partition coefficient (Wildman–Crippen LogP) is 2.86. The van der Waals surface area contributed by atoms with Gasteiger partial charge in [-0.2, -0.15) is 0 Å². The molecule has 64 valence electrons. The summed E-state index contributed by atoms with van der Waals surface area (Å²) in [6.07, 6.45) is 1.38. The van der Waals surface area contributed by atoms with Crippen LogP contribution in [0.25, 0.3) is 0 Å². The summed E-state index contributed by atoms with van der Waals surface area (Å²) in [5, 5.41) is 9.40. The maximum atomic E-state index is 9.40. The Bertz CT molecular complexity index is 170. The van der Waals surface area contributed by atoms with E-state index in [9.17, 15) is 5.11 Å². The molecule has 1 N–H and O–H groups in total. The third-order valence-corrected chi connectivity index (χ3v) is 2.35. The normalized spacial score (nSPS) is 15.3. The quantitative estimate of drug-likeness (QED) is 0.723. The number of hydrogen-bond donors (Lipinski definition) is 1. The Kier molecular flexibility index (Phi) is 4.69. The van der Waals surface area contributed by atoms with E-state index in [2.05, 4.69) is 22.5 Å². The largest absolute Gasteiger partial charge is 0.389 e. The molecular formula is C9H15BrO. The lowest BCUT2D eigenvalue weighted by Gasteiger charge is -2.10. The summed E-state index contributed by atoms with van der Waals surface area (Å²) in [6, 6.07) is 0. The third-order valence-electron chi connectivity index (χ3n) is 1.41. The number of aliphatic hydroxyl groups excluding tert-OH is 1. The van der Waals surface area contributed by atoms with Crippen LogP contribution in [0.1, 0.15) is 20.8 Å². The molecule has 0 aromatic rings. The standard InChI is InChI=1S/C9H15BrO/c1-6(2)8(10)5-9(11)7(3)4/h5,7,9,11H,1H2,2-4H3/b8-5+. The van der Waals surface area contributed by atoms with Gasteiger partial charge in [0, 0.05) is 4.48 Å². The Morgan fingerprint density at radius 3 is 2.27 bits per heavy atom. The van der Waals surface area contributed by atoms with Crippen LogP contribution in [-0.4, -0.2) is 11.2 Å². The summed E-state index contributed by atoms with van der Waals surface area (Å²) in [5.74, 6) is 0.252. The van der Waals surface area contributed by atoms with Crippen LogP contribution in [0.3, 0.4) is 0 Å². The number of hydrogen-bond acceptors (Lipinski definition) is 1. The molecule has 0 aromatic heterocycles. The van der Waals surface area contributed by atoms with Crippen molar-refractivity contribution >= 4 is 15.9 Å². The van der Waals surface area contributed by atoms with E-state index in [0.29, 0.717) is 0 Å². The first-order valence-corrected chi connectivity index (χ1v) is 4.45. The van der Waals surface area contributed by atoms with Crippen molar-refractivity contribution in [1.29, 1.82) is 0 Å². The molecular weight excluding hydrogens is 204 g/mol. The molecule has 2 heteroatoms. The van der Waals surface area contributed by atoms with E-state index in [4.69, 9.17) is 0 Å². The van der Waals surface area contributed by atoms with E-state index in [1.807, 2.05) is 20.8 Å². The lowest BCUT2D eigenvalue weighted by atomic mass is 10.1. The second kappa shape index (κ2) is 4.73. The van der Waals surface area contributed by atoms with Gasteiger partial charge in [-0.25, -0.2) is 0 Å². The van der Waals surface area contributed by atoms with Crippen LogP contribution in [0.15, 0.2) is 22.7 Å². The fraction of sp³-hybridized carbons (Fsp3) is 0.556. The van der Waals surface area contributed by atoms with Gasteiger partial charge in [0.05, 0.1) is 6.10 Å². The summed E-state index contributed by atoms with van der Waals surface area (Å²) in [4.78, 5) is 0. The van der Waals surface area contributed by atoms with E-state index in [0.717, 1.165) is 10.1 Å².